The minimum atomic E-state index is -1.03. The molecule has 5 rings (SSSR count). The highest BCUT2D eigenvalue weighted by Crippen LogP contribution is 2.54. The molecule has 2 aromatic rings. The minimum Gasteiger partial charge on any atom is -0.487 e. The number of amides is 1. The number of nitrogens with two attached hydrogens (primary N) is 1. The van der Waals surface area contributed by atoms with Gasteiger partial charge in [-0.15, -0.1) is 0 Å². The second kappa shape index (κ2) is 5.95. The monoisotopic (exact) mass is 396 g/mol. The van der Waals surface area contributed by atoms with Gasteiger partial charge in [-0.1, -0.05) is 17.7 Å². The lowest BCUT2D eigenvalue weighted by molar-refractivity contribution is -0.134. The molecule has 3 heterocycles. The first kappa shape index (κ1) is 17.5. The van der Waals surface area contributed by atoms with Gasteiger partial charge in [0.2, 0.25) is 0 Å². The number of aliphatic imine (C=N–C) groups is 1. The fourth-order valence-electron chi connectivity index (χ4n) is 4.81. The molecule has 0 radical (unpaired) electrons. The fraction of sp³-hybridized carbons (Fsp3) is 0.381. The van der Waals surface area contributed by atoms with E-state index in [0.29, 0.717) is 17.2 Å². The highest BCUT2D eigenvalue weighted by molar-refractivity contribution is 6.30. The fourth-order valence-corrected chi connectivity index (χ4v) is 4.98. The molecule has 1 fully saturated rings. The van der Waals surface area contributed by atoms with E-state index in [0.717, 1.165) is 42.4 Å². The van der Waals surface area contributed by atoms with Crippen molar-refractivity contribution < 1.29 is 9.53 Å². The molecule has 28 heavy (non-hydrogen) atoms. The van der Waals surface area contributed by atoms with Gasteiger partial charge < -0.3 is 10.5 Å². The summed E-state index contributed by atoms with van der Waals surface area (Å²) in [4.78, 5) is 23.7. The number of halogens is 1. The van der Waals surface area contributed by atoms with Crippen LogP contribution >= 0.6 is 11.6 Å². The van der Waals surface area contributed by atoms with Crippen LogP contribution in [0.3, 0.4) is 0 Å². The van der Waals surface area contributed by atoms with Crippen molar-refractivity contribution in [1.29, 1.82) is 0 Å². The SMILES string of the molecule is CN1C(=O)C2(CC3(CCCC3)Oc3ccc(-c4cncc(Cl)c4)cc32)N=C1N. The van der Waals surface area contributed by atoms with Crippen molar-refractivity contribution >= 4 is 23.5 Å². The third-order valence-electron chi connectivity index (χ3n) is 6.19. The van der Waals surface area contributed by atoms with E-state index in [-0.39, 0.29) is 17.5 Å². The molecule has 1 unspecified atom stereocenters. The standard InChI is InChI=1S/C21H21ClN4O2/c1-26-18(27)21(25-19(26)23)12-20(6-2-3-7-20)28-17-5-4-13(9-16(17)21)14-8-15(22)11-24-10-14/h4-5,8-11H,2-3,6-7,12H2,1H3,(H2,23,25). The van der Waals surface area contributed by atoms with Crippen LogP contribution in [0, 0.1) is 0 Å². The smallest absolute Gasteiger partial charge is 0.261 e. The van der Waals surface area contributed by atoms with Gasteiger partial charge in [0.1, 0.15) is 11.4 Å². The van der Waals surface area contributed by atoms with Gasteiger partial charge in [0.25, 0.3) is 5.91 Å². The average molecular weight is 397 g/mol. The van der Waals surface area contributed by atoms with Gasteiger partial charge in [-0.25, -0.2) is 4.99 Å². The zero-order valence-corrected chi connectivity index (χ0v) is 16.4. The molecule has 0 bridgehead atoms. The van der Waals surface area contributed by atoms with Crippen LogP contribution in [0.15, 0.2) is 41.7 Å². The van der Waals surface area contributed by atoms with Crippen LogP contribution < -0.4 is 10.5 Å². The molecule has 2 aliphatic heterocycles. The van der Waals surface area contributed by atoms with Crippen molar-refractivity contribution in [3.8, 4) is 16.9 Å². The molecule has 1 aliphatic carbocycles. The molecule has 144 valence electrons. The Morgan fingerprint density at radius 3 is 2.64 bits per heavy atom. The maximum atomic E-state index is 13.3. The van der Waals surface area contributed by atoms with E-state index in [9.17, 15) is 4.79 Å². The zero-order valence-electron chi connectivity index (χ0n) is 15.6. The van der Waals surface area contributed by atoms with Gasteiger partial charge in [-0.2, -0.15) is 0 Å². The first-order chi connectivity index (χ1) is 13.4. The normalized spacial score (nSPS) is 25.1. The third kappa shape index (κ3) is 2.44. The number of carbonyl (C=O) groups is 1. The van der Waals surface area contributed by atoms with Gasteiger partial charge >= 0.3 is 0 Å². The zero-order chi connectivity index (χ0) is 19.5. The number of guanidine groups is 1. The van der Waals surface area contributed by atoms with Crippen LogP contribution in [0.25, 0.3) is 11.1 Å². The van der Waals surface area contributed by atoms with Crippen LogP contribution in [0.4, 0.5) is 0 Å². The summed E-state index contributed by atoms with van der Waals surface area (Å²) in [7, 11) is 1.68. The first-order valence-electron chi connectivity index (χ1n) is 9.51. The summed E-state index contributed by atoms with van der Waals surface area (Å²) < 4.78 is 6.48. The van der Waals surface area contributed by atoms with Crippen LogP contribution in [0.2, 0.25) is 5.02 Å². The van der Waals surface area contributed by atoms with E-state index in [1.165, 1.54) is 4.90 Å². The number of likely N-dealkylation sites (N-methyl/N-ethyl adjacent to an activating group) is 1. The molecule has 0 saturated heterocycles. The van der Waals surface area contributed by atoms with Gasteiger partial charge in [-0.3, -0.25) is 14.7 Å². The van der Waals surface area contributed by atoms with Crippen molar-refractivity contribution in [3.63, 3.8) is 0 Å². The van der Waals surface area contributed by atoms with Crippen molar-refractivity contribution in [2.24, 2.45) is 10.7 Å². The average Bonchev–Trinajstić information content (AvgIpc) is 3.21. The number of rotatable bonds is 1. The Labute approximate surface area is 168 Å². The summed E-state index contributed by atoms with van der Waals surface area (Å²) >= 11 is 6.12. The summed E-state index contributed by atoms with van der Waals surface area (Å²) in [6, 6.07) is 7.73. The van der Waals surface area contributed by atoms with Crippen LogP contribution in [0.5, 0.6) is 5.75 Å². The van der Waals surface area contributed by atoms with Crippen molar-refractivity contribution in [3.05, 3.63) is 47.2 Å². The van der Waals surface area contributed by atoms with E-state index in [1.807, 2.05) is 24.3 Å². The van der Waals surface area contributed by atoms with Crippen LogP contribution in [-0.4, -0.2) is 34.4 Å². The summed E-state index contributed by atoms with van der Waals surface area (Å²) in [6.07, 6.45) is 7.93. The summed E-state index contributed by atoms with van der Waals surface area (Å²) in [5.41, 5.74) is 7.25. The molecule has 1 amide bonds. The van der Waals surface area contributed by atoms with Gasteiger partial charge in [-0.05, 0) is 49.4 Å². The van der Waals surface area contributed by atoms with Crippen LogP contribution in [0.1, 0.15) is 37.7 Å². The van der Waals surface area contributed by atoms with Crippen LogP contribution in [-0.2, 0) is 10.3 Å². The van der Waals surface area contributed by atoms with Gasteiger partial charge in [0, 0.05) is 37.0 Å². The number of carbonyl (C=O) groups excluding carboxylic acids is 1. The topological polar surface area (TPSA) is 80.8 Å². The Balaban J connectivity index is 1.70. The molecular weight excluding hydrogens is 376 g/mol. The van der Waals surface area contributed by atoms with E-state index >= 15 is 0 Å². The quantitative estimate of drug-likeness (QED) is 0.800. The summed E-state index contributed by atoms with van der Waals surface area (Å²) in [6.45, 7) is 0. The molecular formula is C21H21ClN4O2. The Morgan fingerprint density at radius 1 is 1.18 bits per heavy atom. The van der Waals surface area contributed by atoms with Gasteiger partial charge in [0.05, 0.1) is 5.02 Å². The largest absolute Gasteiger partial charge is 0.487 e. The van der Waals surface area contributed by atoms with Crippen molar-refractivity contribution in [1.82, 2.24) is 9.88 Å². The lowest BCUT2D eigenvalue weighted by Crippen LogP contribution is -2.50. The Hall–Kier alpha value is -2.60. The number of nitrogens with zero attached hydrogens (tertiary/aromatic N) is 3. The van der Waals surface area contributed by atoms with E-state index in [1.54, 1.807) is 19.4 Å². The second-order valence-electron chi connectivity index (χ2n) is 7.97. The molecule has 2 spiro atoms. The Bertz CT molecular complexity index is 1020. The highest BCUT2D eigenvalue weighted by Gasteiger charge is 2.58. The second-order valence-corrected chi connectivity index (χ2v) is 8.40. The molecule has 7 heteroatoms. The predicted octanol–water partition coefficient (Wildman–Crippen LogP) is 3.48. The number of ether oxygens (including phenoxy) is 1. The lowest BCUT2D eigenvalue weighted by atomic mass is 9.75. The predicted molar refractivity (Wildman–Crippen MR) is 107 cm³/mol. The number of fused-ring (bicyclic) bond motifs is 2. The Kier molecular flexibility index (Phi) is 3.72. The molecule has 1 atom stereocenters. The molecule has 1 aromatic carbocycles. The third-order valence-corrected chi connectivity index (χ3v) is 6.40. The maximum Gasteiger partial charge on any atom is 0.261 e. The minimum absolute atomic E-state index is 0.0952. The summed E-state index contributed by atoms with van der Waals surface area (Å²) in [5, 5.41) is 0.560. The number of aromatic nitrogens is 1. The number of benzene rings is 1. The lowest BCUT2D eigenvalue weighted by Gasteiger charge is -2.43. The number of pyridine rings is 1. The molecule has 3 aliphatic rings. The summed E-state index contributed by atoms with van der Waals surface area (Å²) in [5.74, 6) is 0.870. The van der Waals surface area contributed by atoms with E-state index in [4.69, 9.17) is 27.1 Å². The molecule has 6 nitrogen and oxygen atoms in total. The molecule has 2 N–H and O–H groups in total. The number of hydrogen-bond acceptors (Lipinski definition) is 5. The molecule has 1 saturated carbocycles. The molecule has 1 aromatic heterocycles. The van der Waals surface area contributed by atoms with E-state index < -0.39 is 5.54 Å². The van der Waals surface area contributed by atoms with Crippen molar-refractivity contribution in [2.45, 2.75) is 43.2 Å². The maximum absolute atomic E-state index is 13.3. The van der Waals surface area contributed by atoms with E-state index in [2.05, 4.69) is 4.98 Å². The first-order valence-corrected chi connectivity index (χ1v) is 9.88. The number of hydrogen-bond donors (Lipinski definition) is 1. The van der Waals surface area contributed by atoms with Crippen molar-refractivity contribution in [2.75, 3.05) is 7.05 Å². The van der Waals surface area contributed by atoms with Gasteiger partial charge in [0.15, 0.2) is 11.5 Å². The highest BCUT2D eigenvalue weighted by atomic mass is 35.5. The Morgan fingerprint density at radius 2 is 1.96 bits per heavy atom.